The lowest BCUT2D eigenvalue weighted by Crippen LogP contribution is -2.34. The number of fused-ring (bicyclic) bond motifs is 1. The molecule has 1 aliphatic rings. The number of rotatable bonds is 7. The van der Waals surface area contributed by atoms with Gasteiger partial charge in [-0.2, -0.15) is 0 Å². The van der Waals surface area contributed by atoms with Crippen molar-refractivity contribution >= 4 is 28.6 Å². The summed E-state index contributed by atoms with van der Waals surface area (Å²) in [6.07, 6.45) is 1.95. The zero-order chi connectivity index (χ0) is 22.9. The van der Waals surface area contributed by atoms with E-state index in [1.807, 2.05) is 30.0 Å². The Morgan fingerprint density at radius 2 is 1.91 bits per heavy atom. The highest BCUT2D eigenvalue weighted by atomic mass is 32.2. The third-order valence-corrected chi connectivity index (χ3v) is 6.51. The second kappa shape index (κ2) is 8.86. The van der Waals surface area contributed by atoms with Crippen LogP contribution in [0.4, 0.5) is 4.39 Å². The molecule has 0 spiro atoms. The largest absolute Gasteiger partial charge is 0.464 e. The van der Waals surface area contributed by atoms with Crippen molar-refractivity contribution in [1.29, 1.82) is 0 Å². The van der Waals surface area contributed by atoms with Crippen molar-refractivity contribution in [1.82, 2.24) is 14.5 Å². The van der Waals surface area contributed by atoms with Gasteiger partial charge in [0.15, 0.2) is 5.16 Å². The molecule has 2 aromatic carbocycles. The maximum atomic E-state index is 13.5. The minimum Gasteiger partial charge on any atom is -0.464 e. The average Bonchev–Trinajstić information content (AvgIpc) is 3.57. The molecule has 0 saturated heterocycles. The molecule has 6 nitrogen and oxygen atoms in total. The Morgan fingerprint density at radius 3 is 2.61 bits per heavy atom. The molecule has 0 unspecified atom stereocenters. The lowest BCUT2D eigenvalue weighted by molar-refractivity contribution is -0.129. The van der Waals surface area contributed by atoms with E-state index in [-0.39, 0.29) is 23.3 Å². The average molecular weight is 464 g/mol. The third kappa shape index (κ3) is 4.57. The van der Waals surface area contributed by atoms with Crippen molar-refractivity contribution in [3.63, 3.8) is 0 Å². The van der Waals surface area contributed by atoms with Crippen molar-refractivity contribution in [3.8, 4) is 5.69 Å². The van der Waals surface area contributed by atoms with Crippen LogP contribution in [0.1, 0.15) is 24.4 Å². The van der Waals surface area contributed by atoms with Gasteiger partial charge in [-0.25, -0.2) is 9.37 Å². The molecule has 1 saturated carbocycles. The number of thioether (sulfide) groups is 1. The van der Waals surface area contributed by atoms with E-state index in [0.29, 0.717) is 28.3 Å². The van der Waals surface area contributed by atoms with Gasteiger partial charge in [-0.05, 0) is 68.3 Å². The van der Waals surface area contributed by atoms with Crippen molar-refractivity contribution in [2.24, 2.45) is 0 Å². The molecule has 0 aliphatic heterocycles. The van der Waals surface area contributed by atoms with Crippen LogP contribution >= 0.6 is 11.8 Å². The molecule has 1 amide bonds. The van der Waals surface area contributed by atoms with Crippen LogP contribution in [0.25, 0.3) is 16.6 Å². The second-order valence-electron chi connectivity index (χ2n) is 8.08. The Morgan fingerprint density at radius 1 is 1.15 bits per heavy atom. The summed E-state index contributed by atoms with van der Waals surface area (Å²) < 4.78 is 20.6. The van der Waals surface area contributed by atoms with Crippen LogP contribution in [0.3, 0.4) is 0 Å². The molecule has 2 heterocycles. The summed E-state index contributed by atoms with van der Waals surface area (Å²) in [6, 6.07) is 16.8. The van der Waals surface area contributed by atoms with E-state index >= 15 is 0 Å². The number of benzene rings is 2. The van der Waals surface area contributed by atoms with E-state index in [0.717, 1.165) is 24.4 Å². The number of carbonyl (C=O) groups is 1. The summed E-state index contributed by atoms with van der Waals surface area (Å²) in [7, 11) is 0. The van der Waals surface area contributed by atoms with Gasteiger partial charge in [-0.3, -0.25) is 14.2 Å². The fraction of sp³-hybridized carbons (Fsp3) is 0.240. The zero-order valence-electron chi connectivity index (χ0n) is 18.0. The van der Waals surface area contributed by atoms with Crippen LogP contribution in [0.15, 0.2) is 75.0 Å². The molecular formula is C25H22FN3O3S. The highest BCUT2D eigenvalue weighted by molar-refractivity contribution is 7.99. The Hall–Kier alpha value is -3.39. The lowest BCUT2D eigenvalue weighted by atomic mass is 10.2. The van der Waals surface area contributed by atoms with E-state index in [2.05, 4.69) is 4.98 Å². The normalized spacial score (nSPS) is 13.4. The molecule has 2 aromatic heterocycles. The fourth-order valence-electron chi connectivity index (χ4n) is 3.78. The predicted molar refractivity (Wildman–Crippen MR) is 125 cm³/mol. The molecule has 0 bridgehead atoms. The standard InChI is InChI=1S/C25H22FN3O3S/c1-16-6-13-20(32-16)14-28(18-11-12-18)23(30)15-33-25-27-22-5-3-2-4-21(22)24(31)29(25)19-9-7-17(26)8-10-19/h2-10,13,18H,11-12,14-15H2,1H3. The van der Waals surface area contributed by atoms with E-state index in [9.17, 15) is 14.0 Å². The first-order valence-electron chi connectivity index (χ1n) is 10.7. The molecule has 168 valence electrons. The van der Waals surface area contributed by atoms with Crippen molar-refractivity contribution in [3.05, 3.63) is 88.4 Å². The van der Waals surface area contributed by atoms with Crippen LogP contribution in [0.5, 0.6) is 0 Å². The molecule has 33 heavy (non-hydrogen) atoms. The highest BCUT2D eigenvalue weighted by Gasteiger charge is 2.33. The molecule has 1 aliphatic carbocycles. The van der Waals surface area contributed by atoms with Crippen LogP contribution in [-0.4, -0.2) is 32.2 Å². The van der Waals surface area contributed by atoms with Gasteiger partial charge in [0, 0.05) is 6.04 Å². The summed E-state index contributed by atoms with van der Waals surface area (Å²) in [5.41, 5.74) is 0.799. The number of furan rings is 1. The monoisotopic (exact) mass is 463 g/mol. The summed E-state index contributed by atoms with van der Waals surface area (Å²) >= 11 is 1.21. The van der Waals surface area contributed by atoms with Gasteiger partial charge in [-0.15, -0.1) is 0 Å². The second-order valence-corrected chi connectivity index (χ2v) is 9.02. The van der Waals surface area contributed by atoms with Gasteiger partial charge in [0.05, 0.1) is 28.9 Å². The van der Waals surface area contributed by atoms with Crippen LogP contribution < -0.4 is 5.56 Å². The molecule has 0 atom stereocenters. The van der Waals surface area contributed by atoms with E-state index < -0.39 is 5.82 Å². The van der Waals surface area contributed by atoms with E-state index in [4.69, 9.17) is 4.42 Å². The number of nitrogens with zero attached hydrogens (tertiary/aromatic N) is 3. The maximum absolute atomic E-state index is 13.5. The molecule has 1 fully saturated rings. The Labute approximate surface area is 194 Å². The number of amides is 1. The molecular weight excluding hydrogens is 441 g/mol. The first-order chi connectivity index (χ1) is 16.0. The minimum atomic E-state index is -0.391. The van der Waals surface area contributed by atoms with Gasteiger partial charge in [0.25, 0.3) is 5.56 Å². The summed E-state index contributed by atoms with van der Waals surface area (Å²) in [5, 5.41) is 0.855. The quantitative estimate of drug-likeness (QED) is 0.293. The smallest absolute Gasteiger partial charge is 0.266 e. The number of aryl methyl sites for hydroxylation is 1. The van der Waals surface area contributed by atoms with Crippen LogP contribution in [0, 0.1) is 12.7 Å². The first-order valence-corrected chi connectivity index (χ1v) is 11.7. The van der Waals surface area contributed by atoms with Crippen LogP contribution in [0.2, 0.25) is 0 Å². The van der Waals surface area contributed by atoms with E-state index in [1.165, 1.54) is 40.6 Å². The third-order valence-electron chi connectivity index (χ3n) is 5.58. The van der Waals surface area contributed by atoms with Crippen molar-refractivity contribution < 1.29 is 13.6 Å². The van der Waals surface area contributed by atoms with Gasteiger partial charge < -0.3 is 9.32 Å². The lowest BCUT2D eigenvalue weighted by Gasteiger charge is -2.21. The fourth-order valence-corrected chi connectivity index (χ4v) is 4.68. The SMILES string of the molecule is Cc1ccc(CN(C(=O)CSc2nc3ccccc3c(=O)n2-c2ccc(F)cc2)C2CC2)o1. The number of hydrogen-bond acceptors (Lipinski definition) is 5. The summed E-state index contributed by atoms with van der Waals surface area (Å²) in [5.74, 6) is 1.26. The Balaban J connectivity index is 1.45. The van der Waals surface area contributed by atoms with Crippen LogP contribution in [-0.2, 0) is 11.3 Å². The number of para-hydroxylation sites is 1. The molecule has 8 heteroatoms. The summed E-state index contributed by atoms with van der Waals surface area (Å²) in [4.78, 5) is 32.9. The van der Waals surface area contributed by atoms with E-state index in [1.54, 1.807) is 18.2 Å². The zero-order valence-corrected chi connectivity index (χ0v) is 18.8. The number of hydrogen-bond donors (Lipinski definition) is 0. The topological polar surface area (TPSA) is 68.3 Å². The van der Waals surface area contributed by atoms with Crippen molar-refractivity contribution in [2.45, 2.75) is 37.5 Å². The molecule has 5 rings (SSSR count). The predicted octanol–water partition coefficient (Wildman–Crippen LogP) is 4.71. The molecule has 0 radical (unpaired) electrons. The first kappa shape index (κ1) is 21.5. The maximum Gasteiger partial charge on any atom is 0.266 e. The number of carbonyl (C=O) groups excluding carboxylic acids is 1. The van der Waals surface area contributed by atoms with Gasteiger partial charge in [-0.1, -0.05) is 23.9 Å². The number of halogens is 1. The van der Waals surface area contributed by atoms with Gasteiger partial charge >= 0.3 is 0 Å². The van der Waals surface area contributed by atoms with Gasteiger partial charge in [0.1, 0.15) is 17.3 Å². The minimum absolute atomic E-state index is 0.0374. The molecule has 4 aromatic rings. The van der Waals surface area contributed by atoms with Crippen molar-refractivity contribution in [2.75, 3.05) is 5.75 Å². The summed E-state index contributed by atoms with van der Waals surface area (Å²) in [6.45, 7) is 2.30. The number of aromatic nitrogens is 2. The molecule has 0 N–H and O–H groups in total. The Bertz CT molecular complexity index is 1380. The Kier molecular flexibility index (Phi) is 5.76. The highest BCUT2D eigenvalue weighted by Crippen LogP contribution is 2.30. The van der Waals surface area contributed by atoms with Gasteiger partial charge in [0.2, 0.25) is 5.91 Å².